The summed E-state index contributed by atoms with van der Waals surface area (Å²) >= 11 is 0. The summed E-state index contributed by atoms with van der Waals surface area (Å²) in [5.41, 5.74) is -0.375. The van der Waals surface area contributed by atoms with E-state index in [1.54, 1.807) is 0 Å². The van der Waals surface area contributed by atoms with E-state index >= 15 is 0 Å². The normalized spacial score (nSPS) is 27.9. The quantitative estimate of drug-likeness (QED) is 0.604. The van der Waals surface area contributed by atoms with Gasteiger partial charge in [0.2, 0.25) is 11.9 Å². The number of rotatable bonds is 5. The lowest BCUT2D eigenvalue weighted by Crippen LogP contribution is -2.45. The molecule has 6 nitrogen and oxygen atoms in total. The highest BCUT2D eigenvalue weighted by Gasteiger charge is 2.48. The molecular formula is C17H18F7N5O. The van der Waals surface area contributed by atoms with Gasteiger partial charge >= 0.3 is 0 Å². The van der Waals surface area contributed by atoms with Crippen molar-refractivity contribution in [1.29, 1.82) is 0 Å². The maximum Gasteiger partial charge on any atom is 0.280 e. The molecule has 0 aliphatic heterocycles. The third-order valence-electron chi connectivity index (χ3n) is 5.39. The van der Waals surface area contributed by atoms with Gasteiger partial charge in [-0.3, -0.25) is 0 Å². The van der Waals surface area contributed by atoms with Crippen LogP contribution in [0.15, 0.2) is 5.83 Å². The number of nitrogens with zero attached hydrogens (tertiary/aromatic N) is 3. The minimum absolute atomic E-state index is 0.221. The van der Waals surface area contributed by atoms with Gasteiger partial charge in [0.15, 0.2) is 11.9 Å². The minimum Gasteiger partial charge on any atom is -0.380 e. The van der Waals surface area contributed by atoms with Crippen LogP contribution in [-0.4, -0.2) is 56.0 Å². The molecule has 3 aliphatic rings. The Morgan fingerprint density at radius 2 is 1.27 bits per heavy atom. The molecule has 0 bridgehead atoms. The summed E-state index contributed by atoms with van der Waals surface area (Å²) in [4.78, 5) is 11.8. The molecule has 0 saturated heterocycles. The number of allylic oxidation sites excluding steroid dienone is 1. The first kappa shape index (κ1) is 21.1. The Labute approximate surface area is 166 Å². The average Bonchev–Trinajstić information content (AvgIpc) is 2.56. The van der Waals surface area contributed by atoms with Crippen LogP contribution in [0.5, 0.6) is 0 Å². The second-order valence-electron chi connectivity index (χ2n) is 8.01. The standard InChI is InChI=1S/C17H18F7N5O/c18-10-9(1-2-17(23,24)11(10)30)12-27-13(25-7-3-15(19,20)4-7)29-14(28-12)26-8-5-16(21,22)6-8/h7-8,11,30H,1-6H2,(H2,25,26,27,28,29). The van der Waals surface area contributed by atoms with Crippen molar-refractivity contribution in [1.82, 2.24) is 15.0 Å². The predicted octanol–water partition coefficient (Wildman–Crippen LogP) is 3.76. The van der Waals surface area contributed by atoms with Gasteiger partial charge in [0, 0.05) is 49.8 Å². The number of halogens is 7. The van der Waals surface area contributed by atoms with Gasteiger partial charge < -0.3 is 15.7 Å². The molecule has 0 radical (unpaired) electrons. The molecular weight excluding hydrogens is 423 g/mol. The minimum atomic E-state index is -3.65. The number of anilines is 2. The molecule has 1 heterocycles. The van der Waals surface area contributed by atoms with Crippen molar-refractivity contribution in [2.75, 3.05) is 10.6 Å². The Bertz CT molecular complexity index is 818. The molecule has 4 rings (SSSR count). The zero-order chi connectivity index (χ0) is 21.9. The van der Waals surface area contributed by atoms with Gasteiger partial charge in [-0.1, -0.05) is 0 Å². The fraction of sp³-hybridized carbons (Fsp3) is 0.706. The third-order valence-corrected chi connectivity index (χ3v) is 5.39. The lowest BCUT2D eigenvalue weighted by molar-refractivity contribution is -0.107. The number of aliphatic hydroxyl groups excluding tert-OH is 1. The highest BCUT2D eigenvalue weighted by Crippen LogP contribution is 2.42. The van der Waals surface area contributed by atoms with Crippen molar-refractivity contribution < 1.29 is 35.8 Å². The van der Waals surface area contributed by atoms with E-state index in [0.717, 1.165) is 0 Å². The van der Waals surface area contributed by atoms with Gasteiger partial charge in [-0.25, -0.2) is 30.7 Å². The molecule has 1 unspecified atom stereocenters. The average molecular weight is 441 g/mol. The Kier molecular flexibility index (Phi) is 4.86. The molecule has 30 heavy (non-hydrogen) atoms. The van der Waals surface area contributed by atoms with Crippen molar-refractivity contribution in [2.45, 2.75) is 74.5 Å². The monoisotopic (exact) mass is 441 g/mol. The van der Waals surface area contributed by atoms with E-state index in [9.17, 15) is 35.8 Å². The van der Waals surface area contributed by atoms with Gasteiger partial charge in [-0.2, -0.15) is 15.0 Å². The Morgan fingerprint density at radius 3 is 1.70 bits per heavy atom. The Balaban J connectivity index is 1.61. The van der Waals surface area contributed by atoms with E-state index in [1.165, 1.54) is 0 Å². The van der Waals surface area contributed by atoms with Gasteiger partial charge in [0.1, 0.15) is 5.83 Å². The van der Waals surface area contributed by atoms with Gasteiger partial charge in [0.05, 0.1) is 0 Å². The maximum absolute atomic E-state index is 14.4. The summed E-state index contributed by atoms with van der Waals surface area (Å²) < 4.78 is 93.8. The number of hydrogen-bond donors (Lipinski definition) is 3. The molecule has 1 aromatic rings. The molecule has 0 spiro atoms. The fourth-order valence-electron chi connectivity index (χ4n) is 3.65. The van der Waals surface area contributed by atoms with Crippen LogP contribution in [-0.2, 0) is 0 Å². The lowest BCUT2D eigenvalue weighted by atomic mass is 9.88. The van der Waals surface area contributed by atoms with Crippen LogP contribution in [0, 0.1) is 0 Å². The molecule has 2 fully saturated rings. The first-order chi connectivity index (χ1) is 13.8. The molecule has 1 atom stereocenters. The Morgan fingerprint density at radius 1 is 0.800 bits per heavy atom. The third kappa shape index (κ3) is 4.16. The second kappa shape index (κ2) is 6.92. The summed E-state index contributed by atoms with van der Waals surface area (Å²) in [6.07, 6.45) is -5.91. The highest BCUT2D eigenvalue weighted by molar-refractivity contribution is 5.66. The van der Waals surface area contributed by atoms with E-state index in [1.807, 2.05) is 0 Å². The summed E-state index contributed by atoms with van der Waals surface area (Å²) in [5.74, 6) is -11.6. The molecule has 3 N–H and O–H groups in total. The van der Waals surface area contributed by atoms with Crippen LogP contribution in [0.3, 0.4) is 0 Å². The number of aliphatic hydroxyl groups is 1. The summed E-state index contributed by atoms with van der Waals surface area (Å²) in [6.45, 7) is 0. The van der Waals surface area contributed by atoms with Crippen molar-refractivity contribution in [3.8, 4) is 0 Å². The highest BCUT2D eigenvalue weighted by atomic mass is 19.3. The number of nitrogens with one attached hydrogen (secondary N) is 2. The van der Waals surface area contributed by atoms with Crippen LogP contribution in [0.25, 0.3) is 5.57 Å². The van der Waals surface area contributed by atoms with E-state index in [-0.39, 0.29) is 23.3 Å². The van der Waals surface area contributed by atoms with Gasteiger partial charge in [-0.15, -0.1) is 0 Å². The number of alkyl halides is 6. The number of hydrogen-bond acceptors (Lipinski definition) is 6. The summed E-state index contributed by atoms with van der Waals surface area (Å²) in [7, 11) is 0. The van der Waals surface area contributed by atoms with E-state index in [0.29, 0.717) is 0 Å². The molecule has 1 aromatic heterocycles. The number of aromatic nitrogens is 3. The topological polar surface area (TPSA) is 83.0 Å². The molecule has 3 aliphatic carbocycles. The molecule has 166 valence electrons. The molecule has 13 heteroatoms. The second-order valence-corrected chi connectivity index (χ2v) is 8.01. The van der Waals surface area contributed by atoms with E-state index in [2.05, 4.69) is 25.6 Å². The first-order valence-electron chi connectivity index (χ1n) is 9.33. The van der Waals surface area contributed by atoms with Crippen molar-refractivity contribution >= 4 is 17.5 Å². The largest absolute Gasteiger partial charge is 0.380 e. The SMILES string of the molecule is OC1C(F)=C(c2nc(NC3CC(F)(F)C3)nc(NC3CC(F)(F)C3)n2)CCC1(F)F. The lowest BCUT2D eigenvalue weighted by Gasteiger charge is -2.36. The molecule has 2 saturated carbocycles. The van der Waals surface area contributed by atoms with Crippen LogP contribution in [0.4, 0.5) is 42.6 Å². The van der Waals surface area contributed by atoms with Crippen molar-refractivity contribution in [3.63, 3.8) is 0 Å². The molecule has 0 aromatic carbocycles. The molecule has 0 amide bonds. The van der Waals surface area contributed by atoms with Crippen LogP contribution in [0.1, 0.15) is 44.3 Å². The summed E-state index contributed by atoms with van der Waals surface area (Å²) in [6, 6.07) is -1.34. The van der Waals surface area contributed by atoms with Crippen molar-refractivity contribution in [3.05, 3.63) is 11.7 Å². The van der Waals surface area contributed by atoms with Crippen LogP contribution in [0.2, 0.25) is 0 Å². The maximum atomic E-state index is 14.4. The van der Waals surface area contributed by atoms with E-state index in [4.69, 9.17) is 0 Å². The van der Waals surface area contributed by atoms with Crippen LogP contribution >= 0.6 is 0 Å². The zero-order valence-electron chi connectivity index (χ0n) is 15.4. The zero-order valence-corrected chi connectivity index (χ0v) is 15.4. The van der Waals surface area contributed by atoms with Crippen molar-refractivity contribution in [2.24, 2.45) is 0 Å². The van der Waals surface area contributed by atoms with E-state index < -0.39 is 80.3 Å². The van der Waals surface area contributed by atoms with Gasteiger partial charge in [-0.05, 0) is 6.42 Å². The smallest absolute Gasteiger partial charge is 0.280 e. The Hall–Kier alpha value is -2.18. The summed E-state index contributed by atoms with van der Waals surface area (Å²) in [5, 5.41) is 14.8. The predicted molar refractivity (Wildman–Crippen MR) is 91.2 cm³/mol. The fourth-order valence-corrected chi connectivity index (χ4v) is 3.65. The van der Waals surface area contributed by atoms with Crippen LogP contribution < -0.4 is 10.6 Å². The first-order valence-corrected chi connectivity index (χ1v) is 9.33. The van der Waals surface area contributed by atoms with Gasteiger partial charge in [0.25, 0.3) is 17.8 Å².